The Balaban J connectivity index is 3.63. The van der Waals surface area contributed by atoms with Crippen molar-refractivity contribution in [3.8, 4) is 0 Å². The van der Waals surface area contributed by atoms with Gasteiger partial charge >= 0.3 is 11.9 Å². The molecule has 340 valence electrons. The first-order valence-corrected chi connectivity index (χ1v) is 24.4. The van der Waals surface area contributed by atoms with Crippen molar-refractivity contribution in [2.24, 2.45) is 0 Å². The first-order valence-electron chi connectivity index (χ1n) is 24.4. The molecule has 0 saturated heterocycles. The summed E-state index contributed by atoms with van der Waals surface area (Å²) in [6, 6.07) is 0. The van der Waals surface area contributed by atoms with E-state index in [1.165, 1.54) is 103 Å². The minimum Gasteiger partial charge on any atom is -0.462 e. The van der Waals surface area contributed by atoms with Crippen LogP contribution in [0.1, 0.15) is 206 Å². The zero-order chi connectivity index (χ0) is 43.5. The quantitative estimate of drug-likeness (QED) is 0.0376. The van der Waals surface area contributed by atoms with Gasteiger partial charge in [0.15, 0.2) is 6.10 Å². The third-order valence-corrected chi connectivity index (χ3v) is 10.1. The lowest BCUT2D eigenvalue weighted by atomic mass is 10.0. The number of hydrogen-bond donors (Lipinski definition) is 1. The fraction of sp³-hybridized carbons (Fsp3) is 0.636. The van der Waals surface area contributed by atoms with Crippen LogP contribution in [0.15, 0.2) is 109 Å². The number of aliphatic hydroxyl groups excluding tert-OH is 1. The third kappa shape index (κ3) is 47.2. The van der Waals surface area contributed by atoms with Crippen molar-refractivity contribution in [2.75, 3.05) is 13.2 Å². The molecule has 60 heavy (non-hydrogen) atoms. The summed E-state index contributed by atoms with van der Waals surface area (Å²) in [7, 11) is 0. The maximum absolute atomic E-state index is 12.2. The Morgan fingerprint density at radius 1 is 0.400 bits per heavy atom. The van der Waals surface area contributed by atoms with Crippen LogP contribution in [0.5, 0.6) is 0 Å². The molecular formula is C55H90O5. The number of hydrogen-bond acceptors (Lipinski definition) is 5. The summed E-state index contributed by atoms with van der Waals surface area (Å²) in [4.78, 5) is 24.4. The second kappa shape index (κ2) is 49.9. The minimum atomic E-state index is -0.820. The molecule has 0 radical (unpaired) electrons. The zero-order valence-electron chi connectivity index (χ0n) is 38.7. The Hall–Kier alpha value is -3.44. The summed E-state index contributed by atoms with van der Waals surface area (Å²) in [5, 5.41) is 9.60. The summed E-state index contributed by atoms with van der Waals surface area (Å²) in [5.41, 5.74) is 0. The molecule has 0 fully saturated rings. The van der Waals surface area contributed by atoms with E-state index in [-0.39, 0.29) is 25.6 Å². The van der Waals surface area contributed by atoms with Crippen molar-refractivity contribution < 1.29 is 24.2 Å². The molecule has 0 aliphatic rings. The number of carbonyl (C=O) groups is 2. The predicted octanol–water partition coefficient (Wildman–Crippen LogP) is 16.2. The Bertz CT molecular complexity index is 1210. The van der Waals surface area contributed by atoms with Crippen LogP contribution in [-0.4, -0.2) is 36.4 Å². The Kier molecular flexibility index (Phi) is 47.1. The normalized spacial score (nSPS) is 13.2. The second-order valence-electron chi connectivity index (χ2n) is 15.8. The summed E-state index contributed by atoms with van der Waals surface area (Å²) in [5.74, 6) is -0.697. The molecule has 0 saturated carbocycles. The average Bonchev–Trinajstić information content (AvgIpc) is 3.25. The molecule has 1 atom stereocenters. The standard InChI is InChI=1S/C55H90O5/c1-3-5-7-9-11-13-15-17-19-21-23-24-25-26-27-28-29-30-32-33-35-37-39-41-43-45-47-49-54(57)59-52-53(51-56)60-55(58)50-48-46-44-42-40-38-36-34-31-22-20-18-16-14-12-10-8-6-4-2/h6,8,12,14-15,17-18,20-21,23,25-26,31,34,38,40,44,46,53,56H,3-5,7,9-11,13,16,19,22,24,27-30,32-33,35-37,39,41-43,45,47-52H2,1-2H3/b8-6-,14-12-,17-15-,20-18-,23-21-,26-25-,34-31-,40-38-,46-44-. The van der Waals surface area contributed by atoms with Crippen LogP contribution in [0.3, 0.4) is 0 Å². The van der Waals surface area contributed by atoms with Gasteiger partial charge in [0.05, 0.1) is 6.61 Å². The Labute approximate surface area is 370 Å². The van der Waals surface area contributed by atoms with Crippen molar-refractivity contribution >= 4 is 11.9 Å². The Morgan fingerprint density at radius 2 is 0.750 bits per heavy atom. The van der Waals surface area contributed by atoms with Crippen LogP contribution in [0.4, 0.5) is 0 Å². The number of esters is 2. The van der Waals surface area contributed by atoms with Crippen LogP contribution >= 0.6 is 0 Å². The van der Waals surface area contributed by atoms with E-state index >= 15 is 0 Å². The molecule has 5 nitrogen and oxygen atoms in total. The molecule has 0 heterocycles. The molecule has 1 unspecified atom stereocenters. The van der Waals surface area contributed by atoms with Gasteiger partial charge in [-0.2, -0.15) is 0 Å². The molecule has 0 amide bonds. The third-order valence-electron chi connectivity index (χ3n) is 10.1. The number of carbonyl (C=O) groups excluding carboxylic acids is 2. The van der Waals surface area contributed by atoms with E-state index in [0.29, 0.717) is 12.8 Å². The fourth-order valence-corrected chi connectivity index (χ4v) is 6.41. The van der Waals surface area contributed by atoms with E-state index in [1.54, 1.807) is 0 Å². The van der Waals surface area contributed by atoms with Gasteiger partial charge in [-0.1, -0.05) is 213 Å². The monoisotopic (exact) mass is 831 g/mol. The van der Waals surface area contributed by atoms with Crippen molar-refractivity contribution in [1.29, 1.82) is 0 Å². The van der Waals surface area contributed by atoms with Crippen LogP contribution in [-0.2, 0) is 19.1 Å². The minimum absolute atomic E-state index is 0.103. The van der Waals surface area contributed by atoms with Gasteiger partial charge < -0.3 is 14.6 Å². The van der Waals surface area contributed by atoms with Crippen molar-refractivity contribution in [3.05, 3.63) is 109 Å². The highest BCUT2D eigenvalue weighted by atomic mass is 16.6. The summed E-state index contributed by atoms with van der Waals surface area (Å²) in [6.07, 6.45) is 71.9. The van der Waals surface area contributed by atoms with E-state index in [1.807, 2.05) is 12.2 Å². The molecule has 0 rings (SSSR count). The zero-order valence-corrected chi connectivity index (χ0v) is 38.7. The van der Waals surface area contributed by atoms with Gasteiger partial charge in [-0.3, -0.25) is 9.59 Å². The first-order chi connectivity index (χ1) is 29.6. The summed E-state index contributed by atoms with van der Waals surface area (Å²) >= 11 is 0. The van der Waals surface area contributed by atoms with E-state index in [9.17, 15) is 14.7 Å². The van der Waals surface area contributed by atoms with Crippen LogP contribution in [0.2, 0.25) is 0 Å². The summed E-state index contributed by atoms with van der Waals surface area (Å²) in [6.45, 7) is 3.94. The largest absolute Gasteiger partial charge is 0.462 e. The highest BCUT2D eigenvalue weighted by Crippen LogP contribution is 2.14. The number of allylic oxidation sites excluding steroid dienone is 18. The smallest absolute Gasteiger partial charge is 0.306 e. The van der Waals surface area contributed by atoms with Gasteiger partial charge in [0.25, 0.3) is 0 Å². The van der Waals surface area contributed by atoms with Gasteiger partial charge in [0, 0.05) is 12.8 Å². The van der Waals surface area contributed by atoms with Gasteiger partial charge in [-0.25, -0.2) is 0 Å². The van der Waals surface area contributed by atoms with Gasteiger partial charge in [-0.05, 0) is 89.9 Å². The highest BCUT2D eigenvalue weighted by Gasteiger charge is 2.15. The molecule has 0 bridgehead atoms. The second-order valence-corrected chi connectivity index (χ2v) is 15.8. The number of rotatable bonds is 43. The molecule has 0 aromatic rings. The first kappa shape index (κ1) is 56.6. The predicted molar refractivity (Wildman–Crippen MR) is 260 cm³/mol. The van der Waals surface area contributed by atoms with Gasteiger partial charge in [0.2, 0.25) is 0 Å². The molecule has 1 N–H and O–H groups in total. The topological polar surface area (TPSA) is 72.8 Å². The fourth-order valence-electron chi connectivity index (χ4n) is 6.41. The molecule has 0 aromatic carbocycles. The van der Waals surface area contributed by atoms with Crippen LogP contribution in [0.25, 0.3) is 0 Å². The molecule has 5 heteroatoms. The number of ether oxygens (including phenoxy) is 2. The lowest BCUT2D eigenvalue weighted by molar-refractivity contribution is -0.161. The summed E-state index contributed by atoms with van der Waals surface area (Å²) < 4.78 is 10.6. The molecule has 0 aromatic heterocycles. The number of aliphatic hydroxyl groups is 1. The molecule has 0 aliphatic carbocycles. The van der Waals surface area contributed by atoms with E-state index in [4.69, 9.17) is 9.47 Å². The van der Waals surface area contributed by atoms with E-state index < -0.39 is 12.1 Å². The lowest BCUT2D eigenvalue weighted by Crippen LogP contribution is -2.28. The number of unbranched alkanes of at least 4 members (excludes halogenated alkanes) is 17. The highest BCUT2D eigenvalue weighted by molar-refractivity contribution is 5.70. The molecular weight excluding hydrogens is 741 g/mol. The van der Waals surface area contributed by atoms with Crippen molar-refractivity contribution in [2.45, 2.75) is 213 Å². The van der Waals surface area contributed by atoms with Gasteiger partial charge in [0.1, 0.15) is 6.61 Å². The van der Waals surface area contributed by atoms with Crippen LogP contribution in [0, 0.1) is 0 Å². The maximum Gasteiger partial charge on any atom is 0.306 e. The van der Waals surface area contributed by atoms with Crippen molar-refractivity contribution in [3.63, 3.8) is 0 Å². The average molecular weight is 831 g/mol. The molecule has 0 aliphatic heterocycles. The lowest BCUT2D eigenvalue weighted by Gasteiger charge is -2.15. The van der Waals surface area contributed by atoms with Crippen molar-refractivity contribution in [1.82, 2.24) is 0 Å². The Morgan fingerprint density at radius 3 is 1.15 bits per heavy atom. The SMILES string of the molecule is CC/C=C\C/C=C\C/C=C\C/C=C\C/C=C\C/C=C\CCC(=O)OC(CO)COC(=O)CCCCCCCCCCCCCC/C=C\C/C=C\C/C=C\CCCCCCC. The van der Waals surface area contributed by atoms with Gasteiger partial charge in [-0.15, -0.1) is 0 Å². The van der Waals surface area contributed by atoms with E-state index in [2.05, 4.69) is 111 Å². The van der Waals surface area contributed by atoms with E-state index in [0.717, 1.165) is 70.6 Å². The molecule has 0 spiro atoms. The van der Waals surface area contributed by atoms with Crippen LogP contribution < -0.4 is 0 Å². The maximum atomic E-state index is 12.2.